The zero-order valence-corrected chi connectivity index (χ0v) is 14.4. The van der Waals surface area contributed by atoms with Crippen LogP contribution >= 0.6 is 11.8 Å². The summed E-state index contributed by atoms with van der Waals surface area (Å²) in [4.78, 5) is 0. The van der Waals surface area contributed by atoms with Crippen LogP contribution in [0.1, 0.15) is 50.8 Å². The average molecular weight is 308 g/mol. The lowest BCUT2D eigenvalue weighted by atomic mass is 10.0. The summed E-state index contributed by atoms with van der Waals surface area (Å²) in [5, 5.41) is 4.21. The average Bonchev–Trinajstić information content (AvgIpc) is 3.04. The molecule has 2 rings (SSSR count). The zero-order valence-electron chi connectivity index (χ0n) is 13.6. The summed E-state index contributed by atoms with van der Waals surface area (Å²) in [7, 11) is 0. The summed E-state index contributed by atoms with van der Waals surface area (Å²) in [6, 6.07) is 9.52. The third-order valence-electron chi connectivity index (χ3n) is 4.21. The van der Waals surface area contributed by atoms with Crippen molar-refractivity contribution in [1.82, 2.24) is 5.32 Å². The Labute approximate surface area is 134 Å². The van der Waals surface area contributed by atoms with E-state index < -0.39 is 0 Å². The van der Waals surface area contributed by atoms with Crippen molar-refractivity contribution in [2.24, 2.45) is 0 Å². The monoisotopic (exact) mass is 307 g/mol. The maximum absolute atomic E-state index is 5.74. The quantitative estimate of drug-likeness (QED) is 0.777. The molecule has 3 unspecified atom stereocenters. The van der Waals surface area contributed by atoms with E-state index in [4.69, 9.17) is 4.74 Å². The van der Waals surface area contributed by atoms with Crippen molar-refractivity contribution in [2.75, 3.05) is 18.9 Å². The van der Waals surface area contributed by atoms with Crippen LogP contribution < -0.4 is 5.32 Å². The highest BCUT2D eigenvalue weighted by Crippen LogP contribution is 2.29. The van der Waals surface area contributed by atoms with Crippen LogP contribution in [0, 0.1) is 0 Å². The van der Waals surface area contributed by atoms with Gasteiger partial charge in [0.15, 0.2) is 0 Å². The van der Waals surface area contributed by atoms with Crippen LogP contribution in [0.15, 0.2) is 24.3 Å². The van der Waals surface area contributed by atoms with Crippen LogP contribution in [0.25, 0.3) is 0 Å². The molecule has 0 bridgehead atoms. The number of nitrogens with one attached hydrogen (secondary N) is 1. The van der Waals surface area contributed by atoms with Crippen LogP contribution in [-0.2, 0) is 11.2 Å². The van der Waals surface area contributed by atoms with E-state index in [-0.39, 0.29) is 0 Å². The highest BCUT2D eigenvalue weighted by Gasteiger charge is 2.22. The predicted octanol–water partition coefficient (Wildman–Crippen LogP) is 4.20. The zero-order chi connectivity index (χ0) is 15.1. The van der Waals surface area contributed by atoms with Gasteiger partial charge in [-0.3, -0.25) is 0 Å². The van der Waals surface area contributed by atoms with Crippen LogP contribution in [0.5, 0.6) is 0 Å². The molecule has 0 amide bonds. The topological polar surface area (TPSA) is 21.3 Å². The molecule has 2 nitrogen and oxygen atoms in total. The second-order valence-corrected chi connectivity index (χ2v) is 7.21. The first-order valence-corrected chi connectivity index (χ1v) is 9.34. The predicted molar refractivity (Wildman–Crippen MR) is 93.1 cm³/mol. The number of ether oxygens (including phenoxy) is 1. The number of aryl methyl sites for hydroxylation is 1. The highest BCUT2D eigenvalue weighted by atomic mass is 32.2. The van der Waals surface area contributed by atoms with Gasteiger partial charge in [0.25, 0.3) is 0 Å². The minimum Gasteiger partial charge on any atom is -0.377 e. The van der Waals surface area contributed by atoms with Crippen molar-refractivity contribution in [3.63, 3.8) is 0 Å². The van der Waals surface area contributed by atoms with E-state index in [0.717, 1.165) is 25.3 Å². The summed E-state index contributed by atoms with van der Waals surface area (Å²) in [6.07, 6.45) is 4.04. The SMILES string of the molecule is CCNC(c1ccc(CC)cc1)C(C)SCC1CCCO1. The largest absolute Gasteiger partial charge is 0.377 e. The number of thioether (sulfide) groups is 1. The van der Waals surface area contributed by atoms with Crippen LogP contribution in [0.3, 0.4) is 0 Å². The number of benzene rings is 1. The fourth-order valence-corrected chi connectivity index (χ4v) is 4.09. The van der Waals surface area contributed by atoms with Crippen molar-refractivity contribution in [3.8, 4) is 0 Å². The van der Waals surface area contributed by atoms with Gasteiger partial charge in [0.1, 0.15) is 0 Å². The van der Waals surface area contributed by atoms with Gasteiger partial charge in [0.2, 0.25) is 0 Å². The summed E-state index contributed by atoms with van der Waals surface area (Å²) in [5.41, 5.74) is 2.81. The van der Waals surface area contributed by atoms with E-state index in [1.807, 2.05) is 11.8 Å². The third-order valence-corrected chi connectivity index (χ3v) is 5.57. The van der Waals surface area contributed by atoms with Gasteiger partial charge >= 0.3 is 0 Å². The van der Waals surface area contributed by atoms with Crippen molar-refractivity contribution in [1.29, 1.82) is 0 Å². The molecule has 21 heavy (non-hydrogen) atoms. The Morgan fingerprint density at radius 3 is 2.62 bits per heavy atom. The molecule has 0 spiro atoms. The molecule has 1 saturated heterocycles. The first-order chi connectivity index (χ1) is 10.2. The van der Waals surface area contributed by atoms with Gasteiger partial charge in [0, 0.05) is 23.7 Å². The van der Waals surface area contributed by atoms with Gasteiger partial charge in [-0.2, -0.15) is 11.8 Å². The maximum Gasteiger partial charge on any atom is 0.0666 e. The van der Waals surface area contributed by atoms with Crippen molar-refractivity contribution < 1.29 is 4.74 Å². The molecule has 1 aromatic carbocycles. The third kappa shape index (κ3) is 5.01. The lowest BCUT2D eigenvalue weighted by molar-refractivity contribution is 0.128. The van der Waals surface area contributed by atoms with Crippen molar-refractivity contribution in [3.05, 3.63) is 35.4 Å². The summed E-state index contributed by atoms with van der Waals surface area (Å²) in [6.45, 7) is 8.68. The van der Waals surface area contributed by atoms with E-state index in [1.54, 1.807) is 0 Å². The Morgan fingerprint density at radius 2 is 2.05 bits per heavy atom. The smallest absolute Gasteiger partial charge is 0.0666 e. The normalized spacial score (nSPS) is 21.4. The van der Waals surface area contributed by atoms with E-state index in [0.29, 0.717) is 17.4 Å². The maximum atomic E-state index is 5.74. The van der Waals surface area contributed by atoms with Gasteiger partial charge in [0.05, 0.1) is 6.10 Å². The number of rotatable bonds is 8. The van der Waals surface area contributed by atoms with E-state index in [2.05, 4.69) is 50.4 Å². The molecule has 0 saturated carbocycles. The molecule has 3 heteroatoms. The molecule has 1 aliphatic rings. The van der Waals surface area contributed by atoms with Crippen molar-refractivity contribution >= 4 is 11.8 Å². The standard InChI is InChI=1S/C18H29NOS/c1-4-15-8-10-16(11-9-15)18(19-5-2)14(3)21-13-17-7-6-12-20-17/h8-11,14,17-19H,4-7,12-13H2,1-3H3. The Morgan fingerprint density at radius 1 is 1.29 bits per heavy atom. The van der Waals surface area contributed by atoms with Gasteiger partial charge in [-0.25, -0.2) is 0 Å². The molecule has 118 valence electrons. The van der Waals surface area contributed by atoms with E-state index in [1.165, 1.54) is 24.0 Å². The van der Waals surface area contributed by atoms with E-state index >= 15 is 0 Å². The Hall–Kier alpha value is -0.510. The second kappa shape index (κ2) is 8.82. The molecule has 1 N–H and O–H groups in total. The van der Waals surface area contributed by atoms with Gasteiger partial charge in [-0.1, -0.05) is 45.0 Å². The summed E-state index contributed by atoms with van der Waals surface area (Å²) >= 11 is 2.04. The van der Waals surface area contributed by atoms with Gasteiger partial charge in [-0.15, -0.1) is 0 Å². The van der Waals surface area contributed by atoms with Crippen molar-refractivity contribution in [2.45, 2.75) is 57.4 Å². The molecular formula is C18H29NOS. The van der Waals surface area contributed by atoms with Gasteiger partial charge < -0.3 is 10.1 Å². The first kappa shape index (κ1) is 16.9. The molecule has 3 atom stereocenters. The Balaban J connectivity index is 1.94. The van der Waals surface area contributed by atoms with Crippen LogP contribution in [-0.4, -0.2) is 30.3 Å². The fraction of sp³-hybridized carbons (Fsp3) is 0.667. The lowest BCUT2D eigenvalue weighted by Gasteiger charge is -2.26. The van der Waals surface area contributed by atoms with Gasteiger partial charge in [-0.05, 0) is 36.9 Å². The van der Waals surface area contributed by atoms with Crippen LogP contribution in [0.2, 0.25) is 0 Å². The summed E-state index contributed by atoms with van der Waals surface area (Å²) in [5.74, 6) is 1.12. The highest BCUT2D eigenvalue weighted by molar-refractivity contribution is 7.99. The minimum absolute atomic E-state index is 0.423. The van der Waals surface area contributed by atoms with E-state index in [9.17, 15) is 0 Å². The second-order valence-electron chi connectivity index (χ2n) is 5.80. The number of hydrogen-bond acceptors (Lipinski definition) is 3. The fourth-order valence-electron chi connectivity index (χ4n) is 2.87. The molecule has 1 aliphatic heterocycles. The molecule has 1 aromatic rings. The Kier molecular flexibility index (Phi) is 7.08. The molecule has 1 fully saturated rings. The Bertz CT molecular complexity index is 400. The van der Waals surface area contributed by atoms with Crippen LogP contribution in [0.4, 0.5) is 0 Å². The number of hydrogen-bond donors (Lipinski definition) is 1. The molecular weight excluding hydrogens is 278 g/mol. The lowest BCUT2D eigenvalue weighted by Crippen LogP contribution is -2.29. The molecule has 0 aliphatic carbocycles. The molecule has 0 radical (unpaired) electrons. The summed E-state index contributed by atoms with van der Waals surface area (Å²) < 4.78 is 5.74. The first-order valence-electron chi connectivity index (χ1n) is 8.30. The minimum atomic E-state index is 0.423. The molecule has 1 heterocycles. The molecule has 0 aromatic heterocycles.